The Morgan fingerprint density at radius 2 is 2.02 bits per heavy atom. The number of methoxy groups -OCH3 is 1. The summed E-state index contributed by atoms with van der Waals surface area (Å²) in [6.07, 6.45) is 7.01. The number of terminal acetylenes is 1. The Bertz CT molecular complexity index is 1700. The standard InChI is InChI=1S/C30H29IN2O6S/c1-7-13-38-27-21(31)14-19(15-23(27)36-6)16-24-28(34)33-26(20-11-9-10-12-22(20)39-17(3)4)25(29(35)37-8-2)18(5)32-30(33)40-24/h1,9-12,14-17,26H,8,13H2,2-6H3/b24-16+/t26-/m0/s1. The number of carbonyl (C=O) groups excluding carboxylic acids is 1. The van der Waals surface area contributed by atoms with Crippen LogP contribution in [0.3, 0.4) is 0 Å². The van der Waals surface area contributed by atoms with E-state index in [0.717, 1.165) is 9.13 Å². The maximum atomic E-state index is 14.0. The maximum Gasteiger partial charge on any atom is 0.338 e. The Balaban J connectivity index is 1.94. The van der Waals surface area contributed by atoms with Crippen molar-refractivity contribution in [3.8, 4) is 29.6 Å². The van der Waals surface area contributed by atoms with Crippen molar-refractivity contribution in [2.45, 2.75) is 39.8 Å². The number of para-hydroxylation sites is 1. The van der Waals surface area contributed by atoms with Crippen molar-refractivity contribution in [2.24, 2.45) is 4.99 Å². The minimum atomic E-state index is -0.776. The molecule has 0 aliphatic carbocycles. The summed E-state index contributed by atoms with van der Waals surface area (Å²) in [5.41, 5.74) is 1.91. The van der Waals surface area contributed by atoms with Crippen molar-refractivity contribution in [1.29, 1.82) is 0 Å². The van der Waals surface area contributed by atoms with E-state index in [-0.39, 0.29) is 24.9 Å². The number of nitrogens with zero attached hydrogens (tertiary/aromatic N) is 2. The van der Waals surface area contributed by atoms with Crippen LogP contribution in [-0.4, -0.2) is 37.0 Å². The van der Waals surface area contributed by atoms with Gasteiger partial charge in [0, 0.05) is 5.56 Å². The molecule has 0 saturated carbocycles. The van der Waals surface area contributed by atoms with Crippen LogP contribution in [-0.2, 0) is 9.53 Å². The molecule has 1 aromatic heterocycles. The normalized spacial score (nSPS) is 14.8. The third-order valence-corrected chi connectivity index (χ3v) is 7.73. The third kappa shape index (κ3) is 5.95. The lowest BCUT2D eigenvalue weighted by Gasteiger charge is -2.26. The molecule has 10 heteroatoms. The van der Waals surface area contributed by atoms with E-state index in [1.54, 1.807) is 37.7 Å². The predicted octanol–water partition coefficient (Wildman–Crippen LogP) is 4.21. The van der Waals surface area contributed by atoms with E-state index in [4.69, 9.17) is 25.4 Å². The molecule has 0 spiro atoms. The number of halogens is 1. The molecular weight excluding hydrogens is 643 g/mol. The highest BCUT2D eigenvalue weighted by molar-refractivity contribution is 14.1. The van der Waals surface area contributed by atoms with Crippen molar-refractivity contribution in [1.82, 2.24) is 4.57 Å². The number of esters is 1. The molecule has 4 rings (SSSR count). The van der Waals surface area contributed by atoms with Gasteiger partial charge >= 0.3 is 5.97 Å². The largest absolute Gasteiger partial charge is 0.493 e. The van der Waals surface area contributed by atoms with E-state index in [9.17, 15) is 9.59 Å². The van der Waals surface area contributed by atoms with Crippen LogP contribution < -0.4 is 29.1 Å². The zero-order valence-electron chi connectivity index (χ0n) is 22.8. The summed E-state index contributed by atoms with van der Waals surface area (Å²) in [4.78, 5) is 32.3. The van der Waals surface area contributed by atoms with Gasteiger partial charge in [-0.2, -0.15) is 0 Å². The van der Waals surface area contributed by atoms with Crippen LogP contribution >= 0.6 is 33.9 Å². The predicted molar refractivity (Wildman–Crippen MR) is 163 cm³/mol. The van der Waals surface area contributed by atoms with Gasteiger partial charge in [-0.3, -0.25) is 9.36 Å². The molecule has 0 amide bonds. The van der Waals surface area contributed by atoms with Crippen molar-refractivity contribution in [2.75, 3.05) is 20.3 Å². The Morgan fingerprint density at radius 1 is 1.27 bits per heavy atom. The van der Waals surface area contributed by atoms with Gasteiger partial charge in [0.2, 0.25) is 0 Å². The first-order chi connectivity index (χ1) is 19.2. The zero-order chi connectivity index (χ0) is 29.0. The van der Waals surface area contributed by atoms with Gasteiger partial charge < -0.3 is 18.9 Å². The molecule has 1 aliphatic rings. The molecule has 0 bridgehead atoms. The van der Waals surface area contributed by atoms with Crippen LogP contribution in [0.15, 0.2) is 57.5 Å². The number of benzene rings is 2. The van der Waals surface area contributed by atoms with E-state index in [1.807, 2.05) is 44.2 Å². The summed E-state index contributed by atoms with van der Waals surface area (Å²) >= 11 is 3.39. The molecule has 1 atom stereocenters. The molecule has 0 radical (unpaired) electrons. The van der Waals surface area contributed by atoms with Crippen LogP contribution in [0.4, 0.5) is 0 Å². The Kier molecular flexibility index (Phi) is 9.37. The second-order valence-corrected chi connectivity index (χ2v) is 11.2. The average Bonchev–Trinajstić information content (AvgIpc) is 3.21. The van der Waals surface area contributed by atoms with Crippen LogP contribution in [0.5, 0.6) is 17.2 Å². The van der Waals surface area contributed by atoms with Crippen LogP contribution in [0.2, 0.25) is 0 Å². The second-order valence-electron chi connectivity index (χ2n) is 9.03. The summed E-state index contributed by atoms with van der Waals surface area (Å²) < 4.78 is 25.4. The summed E-state index contributed by atoms with van der Waals surface area (Å²) in [5, 5.41) is 0. The Labute approximate surface area is 250 Å². The molecule has 0 N–H and O–H groups in total. The number of hydrogen-bond donors (Lipinski definition) is 0. The maximum absolute atomic E-state index is 14.0. The molecule has 0 unspecified atom stereocenters. The van der Waals surface area contributed by atoms with Crippen LogP contribution in [0, 0.1) is 15.9 Å². The number of fused-ring (bicyclic) bond motifs is 1. The Morgan fingerprint density at radius 3 is 2.70 bits per heavy atom. The van der Waals surface area contributed by atoms with Crippen molar-refractivity contribution >= 4 is 46.0 Å². The molecule has 1 aliphatic heterocycles. The van der Waals surface area contributed by atoms with Gasteiger partial charge in [-0.15, -0.1) is 6.42 Å². The Hall–Kier alpha value is -3.56. The fraction of sp³-hybridized carbons (Fsp3) is 0.300. The van der Waals surface area contributed by atoms with Crippen LogP contribution in [0.25, 0.3) is 6.08 Å². The number of hydrogen-bond acceptors (Lipinski definition) is 8. The number of rotatable bonds is 9. The summed E-state index contributed by atoms with van der Waals surface area (Å²) in [6, 6.07) is 10.3. The fourth-order valence-electron chi connectivity index (χ4n) is 4.38. The van der Waals surface area contributed by atoms with E-state index in [2.05, 4.69) is 33.5 Å². The molecule has 8 nitrogen and oxygen atoms in total. The first-order valence-corrected chi connectivity index (χ1v) is 14.5. The van der Waals surface area contributed by atoms with E-state index >= 15 is 0 Å². The summed E-state index contributed by atoms with van der Waals surface area (Å²) in [6.45, 7) is 7.64. The first-order valence-electron chi connectivity index (χ1n) is 12.6. The summed E-state index contributed by atoms with van der Waals surface area (Å²) in [5.74, 6) is 3.54. The minimum absolute atomic E-state index is 0.106. The highest BCUT2D eigenvalue weighted by Crippen LogP contribution is 2.37. The van der Waals surface area contributed by atoms with Gasteiger partial charge in [-0.05, 0) is 80.1 Å². The molecule has 3 aromatic rings. The van der Waals surface area contributed by atoms with Gasteiger partial charge in [0.05, 0.1) is 39.2 Å². The molecule has 2 heterocycles. The lowest BCUT2D eigenvalue weighted by atomic mass is 9.95. The van der Waals surface area contributed by atoms with Crippen molar-refractivity contribution in [3.63, 3.8) is 0 Å². The van der Waals surface area contributed by atoms with Crippen molar-refractivity contribution < 1.29 is 23.7 Å². The summed E-state index contributed by atoms with van der Waals surface area (Å²) in [7, 11) is 1.54. The molecule has 0 fully saturated rings. The molecule has 40 heavy (non-hydrogen) atoms. The van der Waals surface area contributed by atoms with Gasteiger partial charge in [0.25, 0.3) is 5.56 Å². The monoisotopic (exact) mass is 672 g/mol. The number of thiazole rings is 1. The van der Waals surface area contributed by atoms with E-state index in [0.29, 0.717) is 43.4 Å². The highest BCUT2D eigenvalue weighted by atomic mass is 127. The van der Waals surface area contributed by atoms with E-state index < -0.39 is 12.0 Å². The second kappa shape index (κ2) is 12.7. The highest BCUT2D eigenvalue weighted by Gasteiger charge is 2.35. The SMILES string of the molecule is C#CCOc1c(I)cc(/C=c2/sc3n(c2=O)[C@@H](c2ccccc2OC(C)C)C(C(=O)OCC)=C(C)N=3)cc1OC. The molecule has 0 saturated heterocycles. The van der Waals surface area contributed by atoms with Crippen LogP contribution in [0.1, 0.15) is 44.9 Å². The third-order valence-electron chi connectivity index (χ3n) is 5.94. The zero-order valence-corrected chi connectivity index (χ0v) is 25.8. The van der Waals surface area contributed by atoms with E-state index in [1.165, 1.54) is 11.3 Å². The number of carbonyl (C=O) groups is 1. The lowest BCUT2D eigenvalue weighted by Crippen LogP contribution is -2.40. The van der Waals surface area contributed by atoms with Gasteiger partial charge in [0.1, 0.15) is 18.4 Å². The number of aromatic nitrogens is 1. The number of ether oxygens (including phenoxy) is 4. The molecular formula is C30H29IN2O6S. The quantitative estimate of drug-likeness (QED) is 0.193. The average molecular weight is 673 g/mol. The lowest BCUT2D eigenvalue weighted by molar-refractivity contribution is -0.139. The smallest absolute Gasteiger partial charge is 0.338 e. The van der Waals surface area contributed by atoms with Gasteiger partial charge in [-0.1, -0.05) is 35.5 Å². The minimum Gasteiger partial charge on any atom is -0.493 e. The topological polar surface area (TPSA) is 88.4 Å². The molecule has 208 valence electrons. The van der Waals surface area contributed by atoms with Crippen molar-refractivity contribution in [3.05, 3.63) is 82.1 Å². The fourth-order valence-corrected chi connectivity index (χ4v) is 6.21. The van der Waals surface area contributed by atoms with Gasteiger partial charge in [-0.25, -0.2) is 9.79 Å². The molecule has 2 aromatic carbocycles. The number of allylic oxidation sites excluding steroid dienone is 1. The first kappa shape index (κ1) is 29.4. The van der Waals surface area contributed by atoms with Gasteiger partial charge in [0.15, 0.2) is 16.3 Å².